The molecule has 3 N–H and O–H groups in total. The maximum absolute atomic E-state index is 12.6. The number of carboxylic acids is 1. The van der Waals surface area contributed by atoms with Gasteiger partial charge in [-0.1, -0.05) is 67.0 Å². The monoisotopic (exact) mass is 477 g/mol. The zero-order valence-corrected chi connectivity index (χ0v) is 19.3. The second-order valence-electron chi connectivity index (χ2n) is 8.41. The van der Waals surface area contributed by atoms with Gasteiger partial charge in [-0.3, -0.25) is 9.59 Å². The van der Waals surface area contributed by atoms with Gasteiger partial charge in [0, 0.05) is 12.0 Å². The summed E-state index contributed by atoms with van der Waals surface area (Å²) in [7, 11) is 0. The van der Waals surface area contributed by atoms with Gasteiger partial charge < -0.3 is 25.0 Å². The zero-order chi connectivity index (χ0) is 24.8. The van der Waals surface area contributed by atoms with Crippen molar-refractivity contribution in [3.8, 4) is 11.1 Å². The third kappa shape index (κ3) is 5.51. The summed E-state index contributed by atoms with van der Waals surface area (Å²) in [5, 5.41) is 18.1. The van der Waals surface area contributed by atoms with Crippen LogP contribution in [0.2, 0.25) is 0 Å². The van der Waals surface area contributed by atoms with Gasteiger partial charge in [-0.15, -0.1) is 0 Å². The predicted molar refractivity (Wildman–Crippen MR) is 127 cm³/mol. The van der Waals surface area contributed by atoms with E-state index in [0.29, 0.717) is 6.42 Å². The molecule has 1 aliphatic rings. The molecule has 1 aliphatic carbocycles. The minimum atomic E-state index is -0.994. The highest BCUT2D eigenvalue weighted by Gasteiger charge is 2.29. The van der Waals surface area contributed by atoms with Crippen molar-refractivity contribution in [2.24, 2.45) is 0 Å². The summed E-state index contributed by atoms with van der Waals surface area (Å²) in [4.78, 5) is 36.1. The van der Waals surface area contributed by atoms with Crippen molar-refractivity contribution in [3.05, 3.63) is 77.2 Å². The lowest BCUT2D eigenvalue weighted by atomic mass is 9.98. The maximum atomic E-state index is 12.6. The van der Waals surface area contributed by atoms with E-state index in [0.717, 1.165) is 28.7 Å². The number of rotatable bonds is 10. The molecule has 9 heteroatoms. The Morgan fingerprint density at radius 2 is 1.74 bits per heavy atom. The lowest BCUT2D eigenvalue weighted by Crippen LogP contribution is -2.37. The number of amides is 2. The number of hydrogen-bond donors (Lipinski definition) is 3. The number of ether oxygens (including phenoxy) is 1. The van der Waals surface area contributed by atoms with Crippen molar-refractivity contribution in [2.75, 3.05) is 6.61 Å². The fourth-order valence-electron chi connectivity index (χ4n) is 4.42. The van der Waals surface area contributed by atoms with Crippen LogP contribution in [0.1, 0.15) is 59.3 Å². The average Bonchev–Trinajstić information content (AvgIpc) is 3.44. The number of fused-ring (bicyclic) bond motifs is 3. The smallest absolute Gasteiger partial charge is 0.407 e. The standard InChI is InChI=1S/C26H27N3O6/c1-2-7-16(12-24(30)31)28-25(32)22-15-35-29-23(22)13-27-26(33)34-14-21-19-10-5-3-8-17(19)18-9-4-6-11-20(18)21/h3-6,8-11,15-16,21H,2,7,12-14H2,1H3,(H,27,33)(H,28,32)(H,30,31). The van der Waals surface area contributed by atoms with Gasteiger partial charge in [0.1, 0.15) is 24.1 Å². The lowest BCUT2D eigenvalue weighted by Gasteiger charge is -2.16. The molecular formula is C26H27N3O6. The van der Waals surface area contributed by atoms with Crippen LogP contribution < -0.4 is 10.6 Å². The molecule has 0 bridgehead atoms. The van der Waals surface area contributed by atoms with Crippen LogP contribution in [-0.4, -0.2) is 40.9 Å². The highest BCUT2D eigenvalue weighted by Crippen LogP contribution is 2.44. The number of benzene rings is 2. The van der Waals surface area contributed by atoms with Crippen LogP contribution in [0.3, 0.4) is 0 Å². The number of hydrogen-bond acceptors (Lipinski definition) is 6. The molecule has 4 rings (SSSR count). The first-order valence-corrected chi connectivity index (χ1v) is 11.5. The Kier molecular flexibility index (Phi) is 7.45. The summed E-state index contributed by atoms with van der Waals surface area (Å²) >= 11 is 0. The second kappa shape index (κ2) is 10.9. The van der Waals surface area contributed by atoms with E-state index in [2.05, 4.69) is 27.9 Å². The second-order valence-corrected chi connectivity index (χ2v) is 8.41. The molecule has 0 fully saturated rings. The minimum Gasteiger partial charge on any atom is -0.481 e. The van der Waals surface area contributed by atoms with E-state index >= 15 is 0 Å². The SMILES string of the molecule is CCCC(CC(=O)O)NC(=O)c1conc1CNC(=O)OCC1c2ccccc2-c2ccccc21. The van der Waals surface area contributed by atoms with Crippen LogP contribution in [0, 0.1) is 0 Å². The number of alkyl carbamates (subject to hydrolysis) is 1. The summed E-state index contributed by atoms with van der Waals surface area (Å²) in [6.07, 6.45) is 1.59. The molecule has 9 nitrogen and oxygen atoms in total. The number of nitrogens with zero attached hydrogens (tertiary/aromatic N) is 1. The van der Waals surface area contributed by atoms with Crippen LogP contribution in [0.25, 0.3) is 11.1 Å². The molecule has 0 saturated heterocycles. The van der Waals surface area contributed by atoms with E-state index in [1.165, 1.54) is 6.26 Å². The summed E-state index contributed by atoms with van der Waals surface area (Å²) in [5.41, 5.74) is 4.86. The van der Waals surface area contributed by atoms with Crippen molar-refractivity contribution in [2.45, 2.75) is 44.7 Å². The van der Waals surface area contributed by atoms with E-state index in [9.17, 15) is 14.4 Å². The van der Waals surface area contributed by atoms with Crippen molar-refractivity contribution < 1.29 is 28.8 Å². The molecule has 1 heterocycles. The fourth-order valence-corrected chi connectivity index (χ4v) is 4.42. The van der Waals surface area contributed by atoms with E-state index < -0.39 is 24.0 Å². The summed E-state index contributed by atoms with van der Waals surface area (Å²) in [6.45, 7) is 2.00. The summed E-state index contributed by atoms with van der Waals surface area (Å²) in [5.74, 6) is -1.56. The first-order chi connectivity index (χ1) is 17.0. The molecule has 0 spiro atoms. The van der Waals surface area contributed by atoms with Crippen LogP contribution >= 0.6 is 0 Å². The molecular weight excluding hydrogens is 450 g/mol. The van der Waals surface area contributed by atoms with E-state index in [-0.39, 0.29) is 36.7 Å². The highest BCUT2D eigenvalue weighted by molar-refractivity contribution is 5.95. The van der Waals surface area contributed by atoms with Gasteiger partial charge in [0.05, 0.1) is 13.0 Å². The molecule has 1 atom stereocenters. The molecule has 0 aliphatic heterocycles. The maximum Gasteiger partial charge on any atom is 0.407 e. The van der Waals surface area contributed by atoms with Crippen LogP contribution in [0.15, 0.2) is 59.3 Å². The number of aliphatic carboxylic acids is 1. The van der Waals surface area contributed by atoms with Gasteiger partial charge in [-0.25, -0.2) is 4.79 Å². The number of nitrogens with one attached hydrogen (secondary N) is 2. The van der Waals surface area contributed by atoms with Crippen molar-refractivity contribution in [1.82, 2.24) is 15.8 Å². The summed E-state index contributed by atoms with van der Waals surface area (Å²) < 4.78 is 10.4. The average molecular weight is 478 g/mol. The first-order valence-electron chi connectivity index (χ1n) is 11.5. The molecule has 0 saturated carbocycles. The Bertz CT molecular complexity index is 1180. The van der Waals surface area contributed by atoms with Crippen LogP contribution in [0.4, 0.5) is 4.79 Å². The van der Waals surface area contributed by atoms with Gasteiger partial charge in [-0.2, -0.15) is 0 Å². The van der Waals surface area contributed by atoms with Crippen LogP contribution in [0.5, 0.6) is 0 Å². The quantitative estimate of drug-likeness (QED) is 0.401. The van der Waals surface area contributed by atoms with Gasteiger partial charge >= 0.3 is 12.1 Å². The third-order valence-electron chi connectivity index (χ3n) is 6.03. The Morgan fingerprint density at radius 3 is 2.37 bits per heavy atom. The number of carboxylic acid groups (broad SMARTS) is 1. The Balaban J connectivity index is 1.34. The molecule has 2 aromatic carbocycles. The van der Waals surface area contributed by atoms with Gasteiger partial charge in [0.2, 0.25) is 0 Å². The predicted octanol–water partition coefficient (Wildman–Crippen LogP) is 4.09. The Labute approximate surface area is 202 Å². The molecule has 3 aromatic rings. The molecule has 35 heavy (non-hydrogen) atoms. The largest absolute Gasteiger partial charge is 0.481 e. The third-order valence-corrected chi connectivity index (χ3v) is 6.03. The molecule has 1 unspecified atom stereocenters. The van der Waals surface area contributed by atoms with Gasteiger partial charge in [0.25, 0.3) is 5.91 Å². The number of carbonyl (C=O) groups is 3. The topological polar surface area (TPSA) is 131 Å². The van der Waals surface area contributed by atoms with E-state index in [1.807, 2.05) is 43.3 Å². The molecule has 0 radical (unpaired) electrons. The summed E-state index contributed by atoms with van der Waals surface area (Å²) in [6, 6.07) is 15.6. The fraction of sp³-hybridized carbons (Fsp3) is 0.308. The van der Waals surface area contributed by atoms with Gasteiger partial charge in [-0.05, 0) is 28.7 Å². The number of aromatic nitrogens is 1. The molecule has 1 aromatic heterocycles. The van der Waals surface area contributed by atoms with Crippen LogP contribution in [-0.2, 0) is 16.1 Å². The van der Waals surface area contributed by atoms with E-state index in [1.54, 1.807) is 0 Å². The van der Waals surface area contributed by atoms with Crippen molar-refractivity contribution in [3.63, 3.8) is 0 Å². The Morgan fingerprint density at radius 1 is 1.09 bits per heavy atom. The highest BCUT2D eigenvalue weighted by atomic mass is 16.5. The first kappa shape index (κ1) is 24.0. The van der Waals surface area contributed by atoms with E-state index in [4.69, 9.17) is 14.4 Å². The van der Waals surface area contributed by atoms with Crippen molar-refractivity contribution >= 4 is 18.0 Å². The number of carbonyl (C=O) groups excluding carboxylic acids is 2. The lowest BCUT2D eigenvalue weighted by molar-refractivity contribution is -0.137. The molecule has 2 amide bonds. The minimum absolute atomic E-state index is 0.0636. The molecule has 182 valence electrons. The van der Waals surface area contributed by atoms with Crippen molar-refractivity contribution in [1.29, 1.82) is 0 Å². The normalized spacial score (nSPS) is 12.9. The Hall–Kier alpha value is -4.14. The zero-order valence-electron chi connectivity index (χ0n) is 19.3. The van der Waals surface area contributed by atoms with Gasteiger partial charge in [0.15, 0.2) is 0 Å².